The molecule has 1 saturated heterocycles. The summed E-state index contributed by atoms with van der Waals surface area (Å²) in [5.74, 6) is -0.0362. The Balaban J connectivity index is 1.46. The second kappa shape index (κ2) is 11.2. The van der Waals surface area contributed by atoms with E-state index in [1.54, 1.807) is 42.5 Å². The lowest BCUT2D eigenvalue weighted by Crippen LogP contribution is -2.44. The molecule has 1 fully saturated rings. The maximum Gasteiger partial charge on any atom is 0.228 e. The van der Waals surface area contributed by atoms with Crippen LogP contribution in [0.1, 0.15) is 18.4 Å². The molecule has 184 valence electrons. The number of rotatable bonds is 7. The summed E-state index contributed by atoms with van der Waals surface area (Å²) in [6.07, 6.45) is 1.13. The standard InChI is InChI=1S/C25H23Cl3N2O4S/c26-19-9-8-18(22(28)13-19)16-35(32,33)30-12-4-5-17(15-30)25(31)29-23-14-20(27)10-11-24(23)34-21-6-2-1-3-7-21/h1-3,6-11,13-14,17H,4-5,12,15-16H2,(H,29,31)/t17-/m1/s1. The Bertz CT molecular complexity index is 1320. The third-order valence-corrected chi connectivity index (χ3v) is 8.29. The number of piperidine rings is 1. The predicted molar refractivity (Wildman–Crippen MR) is 140 cm³/mol. The smallest absolute Gasteiger partial charge is 0.228 e. The highest BCUT2D eigenvalue weighted by atomic mass is 35.5. The number of benzene rings is 3. The number of amides is 1. The summed E-state index contributed by atoms with van der Waals surface area (Å²) in [4.78, 5) is 13.1. The molecule has 10 heteroatoms. The van der Waals surface area contributed by atoms with Crippen molar-refractivity contribution < 1.29 is 17.9 Å². The molecule has 1 amide bonds. The van der Waals surface area contributed by atoms with Crippen LogP contribution in [0.2, 0.25) is 15.1 Å². The fraction of sp³-hybridized carbons (Fsp3) is 0.240. The van der Waals surface area contributed by atoms with Crippen LogP contribution in [0.3, 0.4) is 0 Å². The van der Waals surface area contributed by atoms with E-state index >= 15 is 0 Å². The SMILES string of the molecule is O=C(Nc1cc(Cl)ccc1Oc1ccccc1)[C@@H]1CCCN(S(=O)(=O)Cc2ccc(Cl)cc2Cl)C1. The van der Waals surface area contributed by atoms with Crippen LogP contribution in [-0.4, -0.2) is 31.7 Å². The highest BCUT2D eigenvalue weighted by Crippen LogP contribution is 2.33. The van der Waals surface area contributed by atoms with Gasteiger partial charge in [-0.2, -0.15) is 0 Å². The van der Waals surface area contributed by atoms with Crippen molar-refractivity contribution in [3.05, 3.63) is 87.4 Å². The average molecular weight is 554 g/mol. The van der Waals surface area contributed by atoms with Crippen molar-refractivity contribution in [2.75, 3.05) is 18.4 Å². The normalized spacial score (nSPS) is 16.6. The molecular weight excluding hydrogens is 531 g/mol. The maximum atomic E-state index is 13.1. The van der Waals surface area contributed by atoms with Crippen LogP contribution in [0.5, 0.6) is 11.5 Å². The van der Waals surface area contributed by atoms with Gasteiger partial charge in [-0.1, -0.05) is 59.1 Å². The largest absolute Gasteiger partial charge is 0.455 e. The van der Waals surface area contributed by atoms with Gasteiger partial charge in [0.15, 0.2) is 5.75 Å². The molecule has 35 heavy (non-hydrogen) atoms. The van der Waals surface area contributed by atoms with E-state index in [-0.39, 0.29) is 18.2 Å². The van der Waals surface area contributed by atoms with E-state index in [0.29, 0.717) is 57.2 Å². The summed E-state index contributed by atoms with van der Waals surface area (Å²) in [6.45, 7) is 0.422. The Kier molecular flexibility index (Phi) is 8.24. The lowest BCUT2D eigenvalue weighted by molar-refractivity contribution is -0.120. The fourth-order valence-corrected chi connectivity index (χ4v) is 6.24. The van der Waals surface area contributed by atoms with Crippen LogP contribution in [-0.2, 0) is 20.6 Å². The Morgan fingerprint density at radius 2 is 1.71 bits per heavy atom. The topological polar surface area (TPSA) is 75.7 Å². The van der Waals surface area contributed by atoms with Gasteiger partial charge >= 0.3 is 0 Å². The van der Waals surface area contributed by atoms with Crippen LogP contribution in [0, 0.1) is 5.92 Å². The molecule has 1 N–H and O–H groups in total. The number of hydrogen-bond donors (Lipinski definition) is 1. The zero-order valence-corrected chi connectivity index (χ0v) is 21.7. The van der Waals surface area contributed by atoms with E-state index in [1.807, 2.05) is 18.2 Å². The lowest BCUT2D eigenvalue weighted by atomic mass is 9.98. The first-order valence-corrected chi connectivity index (χ1v) is 13.7. The van der Waals surface area contributed by atoms with Crippen molar-refractivity contribution in [2.45, 2.75) is 18.6 Å². The van der Waals surface area contributed by atoms with Gasteiger partial charge in [0.2, 0.25) is 15.9 Å². The van der Waals surface area contributed by atoms with Gasteiger partial charge in [0.25, 0.3) is 0 Å². The Morgan fingerprint density at radius 3 is 2.46 bits per heavy atom. The molecule has 3 aromatic rings. The maximum absolute atomic E-state index is 13.1. The van der Waals surface area contributed by atoms with Crippen LogP contribution in [0.25, 0.3) is 0 Å². The third kappa shape index (κ3) is 6.68. The van der Waals surface area contributed by atoms with Crippen LogP contribution < -0.4 is 10.1 Å². The molecular formula is C25H23Cl3N2O4S. The van der Waals surface area contributed by atoms with Gasteiger partial charge in [-0.3, -0.25) is 4.79 Å². The summed E-state index contributed by atoms with van der Waals surface area (Å²) in [7, 11) is -3.69. The molecule has 1 heterocycles. The molecule has 4 rings (SSSR count). The van der Waals surface area contributed by atoms with Crippen LogP contribution >= 0.6 is 34.8 Å². The van der Waals surface area contributed by atoms with E-state index in [9.17, 15) is 13.2 Å². The van der Waals surface area contributed by atoms with E-state index in [4.69, 9.17) is 39.5 Å². The first kappa shape index (κ1) is 25.8. The number of nitrogens with zero attached hydrogens (tertiary/aromatic N) is 1. The highest BCUT2D eigenvalue weighted by molar-refractivity contribution is 7.88. The average Bonchev–Trinajstić information content (AvgIpc) is 2.83. The number of nitrogens with one attached hydrogen (secondary N) is 1. The number of halogens is 3. The first-order chi connectivity index (χ1) is 16.7. The Morgan fingerprint density at radius 1 is 1.00 bits per heavy atom. The van der Waals surface area contributed by atoms with Crippen molar-refractivity contribution in [1.29, 1.82) is 0 Å². The minimum Gasteiger partial charge on any atom is -0.455 e. The van der Waals surface area contributed by atoms with Crippen molar-refractivity contribution in [1.82, 2.24) is 4.31 Å². The molecule has 0 aliphatic carbocycles. The zero-order valence-electron chi connectivity index (χ0n) is 18.6. The molecule has 0 radical (unpaired) electrons. The van der Waals surface area contributed by atoms with Gasteiger partial charge in [0.1, 0.15) is 5.75 Å². The number of carbonyl (C=O) groups excluding carboxylic acids is 1. The molecule has 6 nitrogen and oxygen atoms in total. The van der Waals surface area contributed by atoms with Crippen LogP contribution in [0.15, 0.2) is 66.7 Å². The molecule has 1 aliphatic heterocycles. The summed E-state index contributed by atoms with van der Waals surface area (Å²) < 4.78 is 33.4. The minimum atomic E-state index is -3.69. The van der Waals surface area contributed by atoms with Crippen molar-refractivity contribution in [3.8, 4) is 11.5 Å². The molecule has 3 aromatic carbocycles. The number of anilines is 1. The van der Waals surface area contributed by atoms with Gasteiger partial charge < -0.3 is 10.1 Å². The minimum absolute atomic E-state index is 0.0782. The van der Waals surface area contributed by atoms with Crippen molar-refractivity contribution in [2.24, 2.45) is 5.92 Å². The first-order valence-electron chi connectivity index (χ1n) is 11.0. The van der Waals surface area contributed by atoms with Crippen molar-refractivity contribution in [3.63, 3.8) is 0 Å². The summed E-state index contributed by atoms with van der Waals surface area (Å²) >= 11 is 18.3. The highest BCUT2D eigenvalue weighted by Gasteiger charge is 2.33. The summed E-state index contributed by atoms with van der Waals surface area (Å²) in [5.41, 5.74) is 0.878. The molecule has 0 aromatic heterocycles. The number of sulfonamides is 1. The quantitative estimate of drug-likeness (QED) is 0.357. The molecule has 0 bridgehead atoms. The second-order valence-corrected chi connectivity index (χ2v) is 11.5. The molecule has 0 spiro atoms. The lowest BCUT2D eigenvalue weighted by Gasteiger charge is -2.31. The fourth-order valence-electron chi connectivity index (χ4n) is 3.87. The molecule has 0 saturated carbocycles. The van der Waals surface area contributed by atoms with Gasteiger partial charge in [0, 0.05) is 28.2 Å². The van der Waals surface area contributed by atoms with E-state index in [2.05, 4.69) is 5.32 Å². The van der Waals surface area contributed by atoms with Gasteiger partial charge in [-0.15, -0.1) is 0 Å². The van der Waals surface area contributed by atoms with Crippen molar-refractivity contribution >= 4 is 56.4 Å². The zero-order chi connectivity index (χ0) is 25.0. The monoisotopic (exact) mass is 552 g/mol. The van der Waals surface area contributed by atoms with Gasteiger partial charge in [-0.05, 0) is 60.9 Å². The van der Waals surface area contributed by atoms with E-state index in [0.717, 1.165) is 0 Å². The Labute approximate surface area is 219 Å². The molecule has 1 atom stereocenters. The molecule has 1 aliphatic rings. The summed E-state index contributed by atoms with van der Waals surface area (Å²) in [5, 5.41) is 4.03. The number of ether oxygens (including phenoxy) is 1. The summed E-state index contributed by atoms with van der Waals surface area (Å²) in [6, 6.07) is 18.8. The Hall–Kier alpha value is -2.29. The number of hydrogen-bond acceptors (Lipinski definition) is 4. The van der Waals surface area contributed by atoms with E-state index in [1.165, 1.54) is 10.4 Å². The van der Waals surface area contributed by atoms with Gasteiger partial charge in [0.05, 0.1) is 17.4 Å². The number of carbonyl (C=O) groups is 1. The second-order valence-electron chi connectivity index (χ2n) is 8.23. The predicted octanol–water partition coefficient (Wildman–Crippen LogP) is 6.62. The van der Waals surface area contributed by atoms with Gasteiger partial charge in [-0.25, -0.2) is 12.7 Å². The number of para-hydroxylation sites is 1. The molecule has 0 unspecified atom stereocenters. The van der Waals surface area contributed by atoms with E-state index < -0.39 is 15.9 Å². The van der Waals surface area contributed by atoms with Crippen LogP contribution in [0.4, 0.5) is 5.69 Å². The third-order valence-electron chi connectivity index (χ3n) is 5.67.